The third kappa shape index (κ3) is 10.6. The molecule has 3 N–H and O–H groups in total. The molecule has 0 atom stereocenters. The topological polar surface area (TPSA) is 115 Å². The maximum Gasteiger partial charge on any atom is 0.404 e. The predicted molar refractivity (Wildman–Crippen MR) is 135 cm³/mol. The summed E-state index contributed by atoms with van der Waals surface area (Å²) in [5.74, 6) is -0.126. The number of hydrogen-bond acceptors (Lipinski definition) is 7. The fraction of sp³-hybridized carbons (Fsp3) is 0.417. The Bertz CT molecular complexity index is 973. The highest BCUT2D eigenvalue weighted by molar-refractivity contribution is 6.37. The van der Waals surface area contributed by atoms with E-state index in [-0.39, 0.29) is 26.4 Å². The van der Waals surface area contributed by atoms with E-state index >= 15 is 0 Å². The van der Waals surface area contributed by atoms with Crippen molar-refractivity contribution in [2.75, 3.05) is 44.9 Å². The Morgan fingerprint density at radius 2 is 1.54 bits per heavy atom. The standard InChI is InChI=1S/C24H30Cl2N2O7/c1-24(2,3)35-22(29)17-6-4-5-7-20(17)28-16-14-18(25)21(19(26)15-16)34-13-12-33-11-10-32-9-8-27-23(30)31/h4-7,14-15,27-28H,8-13H2,1-3H3,(H,30,31). The van der Waals surface area contributed by atoms with Gasteiger partial charge in [-0.1, -0.05) is 35.3 Å². The van der Waals surface area contributed by atoms with Gasteiger partial charge in [0.05, 0.1) is 47.7 Å². The van der Waals surface area contributed by atoms with Gasteiger partial charge < -0.3 is 34.7 Å². The zero-order valence-electron chi connectivity index (χ0n) is 19.9. The number of halogens is 2. The van der Waals surface area contributed by atoms with E-state index in [1.165, 1.54) is 0 Å². The van der Waals surface area contributed by atoms with Gasteiger partial charge in [0, 0.05) is 12.2 Å². The molecule has 192 valence electrons. The number of para-hydroxylation sites is 1. The van der Waals surface area contributed by atoms with Crippen LogP contribution in [0.5, 0.6) is 5.75 Å². The van der Waals surface area contributed by atoms with Crippen molar-refractivity contribution in [3.63, 3.8) is 0 Å². The number of benzene rings is 2. The van der Waals surface area contributed by atoms with Gasteiger partial charge in [0.25, 0.3) is 0 Å². The second-order valence-corrected chi connectivity index (χ2v) is 9.06. The van der Waals surface area contributed by atoms with Crippen molar-refractivity contribution in [2.24, 2.45) is 0 Å². The molecule has 2 aromatic carbocycles. The molecule has 0 saturated carbocycles. The summed E-state index contributed by atoms with van der Waals surface area (Å²) >= 11 is 12.7. The van der Waals surface area contributed by atoms with Crippen LogP contribution in [-0.2, 0) is 14.2 Å². The first kappa shape index (κ1) is 28.5. The maximum absolute atomic E-state index is 12.6. The maximum atomic E-state index is 12.6. The molecular formula is C24H30Cl2N2O7. The Hall–Kier alpha value is -2.72. The summed E-state index contributed by atoms with van der Waals surface area (Å²) in [5, 5.41) is 14.4. The Morgan fingerprint density at radius 1 is 0.943 bits per heavy atom. The molecule has 0 aliphatic carbocycles. The van der Waals surface area contributed by atoms with Crippen LogP contribution in [0.2, 0.25) is 10.0 Å². The first-order chi connectivity index (χ1) is 16.6. The van der Waals surface area contributed by atoms with Gasteiger partial charge in [0.1, 0.15) is 12.2 Å². The van der Waals surface area contributed by atoms with E-state index in [9.17, 15) is 9.59 Å². The van der Waals surface area contributed by atoms with Crippen LogP contribution in [0.15, 0.2) is 36.4 Å². The molecule has 0 radical (unpaired) electrons. The number of hydrogen-bond donors (Lipinski definition) is 3. The second kappa shape index (κ2) is 14.0. The van der Waals surface area contributed by atoms with Gasteiger partial charge in [-0.3, -0.25) is 0 Å². The highest BCUT2D eigenvalue weighted by atomic mass is 35.5. The molecule has 0 aliphatic rings. The van der Waals surface area contributed by atoms with Gasteiger partial charge in [-0.2, -0.15) is 0 Å². The van der Waals surface area contributed by atoms with Crippen molar-refractivity contribution >= 4 is 46.6 Å². The van der Waals surface area contributed by atoms with E-state index in [0.29, 0.717) is 45.9 Å². The number of carbonyl (C=O) groups is 2. The number of anilines is 2. The van der Waals surface area contributed by atoms with Gasteiger partial charge in [0.15, 0.2) is 5.75 Å². The Morgan fingerprint density at radius 3 is 2.17 bits per heavy atom. The molecule has 1 amide bonds. The Labute approximate surface area is 214 Å². The number of esters is 1. The Balaban J connectivity index is 1.86. The zero-order valence-corrected chi connectivity index (χ0v) is 21.4. The van der Waals surface area contributed by atoms with Crippen LogP contribution in [0.4, 0.5) is 16.2 Å². The van der Waals surface area contributed by atoms with Crippen LogP contribution in [0.1, 0.15) is 31.1 Å². The molecule has 0 heterocycles. The van der Waals surface area contributed by atoms with E-state index in [1.54, 1.807) is 57.2 Å². The van der Waals surface area contributed by atoms with Crippen molar-refractivity contribution < 1.29 is 33.6 Å². The number of rotatable bonds is 13. The fourth-order valence-corrected chi connectivity index (χ4v) is 3.38. The minimum Gasteiger partial charge on any atom is -0.488 e. The monoisotopic (exact) mass is 528 g/mol. The molecule has 2 aromatic rings. The van der Waals surface area contributed by atoms with Crippen LogP contribution in [0.3, 0.4) is 0 Å². The molecule has 11 heteroatoms. The molecule has 0 saturated heterocycles. The lowest BCUT2D eigenvalue weighted by molar-refractivity contribution is 0.00706. The van der Waals surface area contributed by atoms with Crippen molar-refractivity contribution in [1.29, 1.82) is 0 Å². The zero-order chi connectivity index (χ0) is 25.8. The van der Waals surface area contributed by atoms with E-state index in [4.69, 9.17) is 47.3 Å². The number of nitrogens with one attached hydrogen (secondary N) is 2. The minimum absolute atomic E-state index is 0.215. The van der Waals surface area contributed by atoms with Gasteiger partial charge in [-0.15, -0.1) is 0 Å². The van der Waals surface area contributed by atoms with E-state index in [2.05, 4.69) is 10.6 Å². The third-order valence-electron chi connectivity index (χ3n) is 4.19. The molecule has 0 unspecified atom stereocenters. The summed E-state index contributed by atoms with van der Waals surface area (Å²) in [6.07, 6.45) is -1.09. The lowest BCUT2D eigenvalue weighted by Gasteiger charge is -2.21. The molecule has 0 fully saturated rings. The lowest BCUT2D eigenvalue weighted by atomic mass is 10.1. The molecular weight excluding hydrogens is 499 g/mol. The van der Waals surface area contributed by atoms with E-state index in [0.717, 1.165) is 0 Å². The first-order valence-electron chi connectivity index (χ1n) is 10.9. The second-order valence-electron chi connectivity index (χ2n) is 8.25. The average molecular weight is 529 g/mol. The lowest BCUT2D eigenvalue weighted by Crippen LogP contribution is -2.25. The summed E-state index contributed by atoms with van der Waals surface area (Å²) in [6.45, 7) is 7.06. The number of carbonyl (C=O) groups excluding carboxylic acids is 1. The molecule has 2 rings (SSSR count). The van der Waals surface area contributed by atoms with Gasteiger partial charge >= 0.3 is 12.1 Å². The quantitative estimate of drug-likeness (QED) is 0.234. The average Bonchev–Trinajstić information content (AvgIpc) is 2.75. The highest BCUT2D eigenvalue weighted by Gasteiger charge is 2.20. The van der Waals surface area contributed by atoms with Gasteiger partial charge in [-0.05, 0) is 45.0 Å². The summed E-state index contributed by atoms with van der Waals surface area (Å²) in [6, 6.07) is 10.3. The number of carboxylic acid groups (broad SMARTS) is 1. The predicted octanol–water partition coefficient (Wildman–Crippen LogP) is 5.37. The van der Waals surface area contributed by atoms with Crippen LogP contribution in [0.25, 0.3) is 0 Å². The number of ether oxygens (including phenoxy) is 4. The van der Waals surface area contributed by atoms with E-state index < -0.39 is 17.7 Å². The minimum atomic E-state index is -1.09. The molecule has 35 heavy (non-hydrogen) atoms. The van der Waals surface area contributed by atoms with E-state index in [1.807, 2.05) is 0 Å². The molecule has 0 aromatic heterocycles. The summed E-state index contributed by atoms with van der Waals surface area (Å²) in [7, 11) is 0. The summed E-state index contributed by atoms with van der Waals surface area (Å²) in [5.41, 5.74) is 0.895. The SMILES string of the molecule is CC(C)(C)OC(=O)c1ccccc1Nc1cc(Cl)c(OCCOCCOCCNC(=O)O)c(Cl)c1. The number of amides is 1. The Kier molecular flexibility index (Phi) is 11.4. The van der Waals surface area contributed by atoms with Crippen LogP contribution >= 0.6 is 23.2 Å². The molecule has 0 bridgehead atoms. The normalized spacial score (nSPS) is 11.1. The highest BCUT2D eigenvalue weighted by Crippen LogP contribution is 2.37. The first-order valence-corrected chi connectivity index (χ1v) is 11.7. The summed E-state index contributed by atoms with van der Waals surface area (Å²) < 4.78 is 21.8. The third-order valence-corrected chi connectivity index (χ3v) is 4.75. The molecule has 0 aliphatic heterocycles. The summed E-state index contributed by atoms with van der Waals surface area (Å²) in [4.78, 5) is 22.9. The van der Waals surface area contributed by atoms with Crippen molar-refractivity contribution in [2.45, 2.75) is 26.4 Å². The molecule has 0 spiro atoms. The van der Waals surface area contributed by atoms with Crippen molar-refractivity contribution in [3.8, 4) is 5.75 Å². The molecule has 9 nitrogen and oxygen atoms in total. The van der Waals surface area contributed by atoms with Gasteiger partial charge in [0.2, 0.25) is 0 Å². The fourth-order valence-electron chi connectivity index (χ4n) is 2.78. The smallest absolute Gasteiger partial charge is 0.404 e. The van der Waals surface area contributed by atoms with Gasteiger partial charge in [-0.25, -0.2) is 9.59 Å². The van der Waals surface area contributed by atoms with Crippen LogP contribution in [0, 0.1) is 0 Å². The van der Waals surface area contributed by atoms with Crippen molar-refractivity contribution in [3.05, 3.63) is 52.0 Å². The van der Waals surface area contributed by atoms with Crippen molar-refractivity contribution in [1.82, 2.24) is 5.32 Å². The largest absolute Gasteiger partial charge is 0.488 e. The van der Waals surface area contributed by atoms with Crippen LogP contribution < -0.4 is 15.4 Å². The van der Waals surface area contributed by atoms with Crippen LogP contribution in [-0.4, -0.2) is 62.3 Å².